The van der Waals surface area contributed by atoms with Crippen molar-refractivity contribution >= 4 is 33.9 Å². The quantitative estimate of drug-likeness (QED) is 0.229. The fourth-order valence-corrected chi connectivity index (χ4v) is 4.55. The van der Waals surface area contributed by atoms with Gasteiger partial charge in [-0.05, 0) is 43.4 Å². The summed E-state index contributed by atoms with van der Waals surface area (Å²) in [5.74, 6) is -0.769. The third-order valence-corrected chi connectivity index (χ3v) is 6.86. The molecule has 3 heterocycles. The maximum atomic E-state index is 14.0. The molecular formula is C28H28ClF3N8. The van der Waals surface area contributed by atoms with E-state index in [9.17, 15) is 19.8 Å². The molecule has 1 aromatic carbocycles. The Morgan fingerprint density at radius 3 is 2.67 bits per heavy atom. The molecule has 208 valence electrons. The molecule has 2 N–H and O–H groups in total. The Morgan fingerprint density at radius 2 is 2.05 bits per heavy atom. The van der Waals surface area contributed by atoms with Crippen LogP contribution in [0.5, 0.6) is 0 Å². The lowest BCUT2D eigenvalue weighted by molar-refractivity contribution is 0.0593. The number of rotatable bonds is 8. The van der Waals surface area contributed by atoms with Gasteiger partial charge in [0.1, 0.15) is 17.3 Å². The van der Waals surface area contributed by atoms with Crippen LogP contribution < -0.4 is 10.6 Å². The molecule has 1 saturated carbocycles. The minimum Gasteiger partial charge on any atom is -0.383 e. The molecule has 0 spiro atoms. The molecule has 5 rings (SSSR count). The first-order chi connectivity index (χ1) is 20.0. The molecule has 1 fully saturated rings. The number of benzene rings is 1. The fourth-order valence-electron chi connectivity index (χ4n) is 4.28. The zero-order valence-corrected chi connectivity index (χ0v) is 22.9. The summed E-state index contributed by atoms with van der Waals surface area (Å²) in [4.78, 5) is 8.14. The highest BCUT2D eigenvalue weighted by atomic mass is 35.5. The molecule has 1 aliphatic carbocycles. The van der Waals surface area contributed by atoms with Gasteiger partial charge in [0.25, 0.3) is 6.43 Å². The summed E-state index contributed by atoms with van der Waals surface area (Å²) < 4.78 is 69.5. The summed E-state index contributed by atoms with van der Waals surface area (Å²) in [5, 5.41) is 24.1. The number of hydrogen-bond donors (Lipinski definition) is 2. The van der Waals surface area contributed by atoms with Crippen LogP contribution in [0.15, 0.2) is 36.7 Å². The minimum absolute atomic E-state index is 0.0570. The average molecular weight is 572 g/mol. The predicted molar refractivity (Wildman–Crippen MR) is 147 cm³/mol. The van der Waals surface area contributed by atoms with Gasteiger partial charge in [-0.2, -0.15) is 9.65 Å². The highest BCUT2D eigenvalue weighted by Gasteiger charge is 2.54. The van der Waals surface area contributed by atoms with E-state index in [-0.39, 0.29) is 62.7 Å². The van der Waals surface area contributed by atoms with Gasteiger partial charge in [-0.3, -0.25) is 4.98 Å². The Bertz CT molecular complexity index is 1760. The third kappa shape index (κ3) is 5.28. The maximum Gasteiger partial charge on any atom is 0.263 e. The standard InChI is InChI=1S/C28H28ClF3N8/c1-15-18(5-6-22(30)36-15)25(21-13-40(39-38-21)28(7-8-28)26(31)32)37-17-9-19-23(35-14-27(2,3)4)16(11-33)12-34-24(19)20(29)10-17/h5-6,9-10,12-13,25-26,37H,7-8,14H2,1-4H3,(H,34,35)/t25-/m0/s1/i14D2,25D. The average Bonchev–Trinajstić information content (AvgIpc) is 3.57. The number of nitriles is 1. The molecule has 0 bridgehead atoms. The number of fused-ring (bicyclic) bond motifs is 1. The number of aromatic nitrogens is 5. The van der Waals surface area contributed by atoms with E-state index >= 15 is 0 Å². The third-order valence-electron chi connectivity index (χ3n) is 6.57. The predicted octanol–water partition coefficient (Wildman–Crippen LogP) is 6.61. The van der Waals surface area contributed by atoms with Crippen molar-refractivity contribution in [1.29, 1.82) is 5.26 Å². The molecule has 0 unspecified atom stereocenters. The van der Waals surface area contributed by atoms with Crippen LogP contribution in [0.3, 0.4) is 0 Å². The smallest absolute Gasteiger partial charge is 0.263 e. The first-order valence-corrected chi connectivity index (χ1v) is 12.8. The van der Waals surface area contributed by atoms with Gasteiger partial charge in [-0.25, -0.2) is 18.4 Å². The number of nitrogens with one attached hydrogen (secondary N) is 2. The second-order valence-corrected chi connectivity index (χ2v) is 11.1. The van der Waals surface area contributed by atoms with Gasteiger partial charge in [-0.1, -0.05) is 43.7 Å². The fraction of sp³-hybridized carbons (Fsp3) is 0.393. The van der Waals surface area contributed by atoms with Gasteiger partial charge < -0.3 is 10.6 Å². The van der Waals surface area contributed by atoms with Gasteiger partial charge in [0.2, 0.25) is 5.95 Å². The topological polar surface area (TPSA) is 104 Å². The molecule has 8 nitrogen and oxygen atoms in total. The van der Waals surface area contributed by atoms with Crippen molar-refractivity contribution < 1.29 is 17.3 Å². The van der Waals surface area contributed by atoms with Crippen LogP contribution in [-0.4, -0.2) is 37.9 Å². The molecule has 40 heavy (non-hydrogen) atoms. The lowest BCUT2D eigenvalue weighted by Crippen LogP contribution is -2.26. The van der Waals surface area contributed by atoms with E-state index in [1.807, 2.05) is 6.07 Å². The zero-order chi connectivity index (χ0) is 31.5. The molecule has 4 aromatic rings. The van der Waals surface area contributed by atoms with Crippen LogP contribution in [0.25, 0.3) is 10.9 Å². The van der Waals surface area contributed by atoms with Crippen molar-refractivity contribution in [2.24, 2.45) is 5.41 Å². The van der Waals surface area contributed by atoms with Crippen molar-refractivity contribution in [3.8, 4) is 6.07 Å². The molecule has 12 heteroatoms. The summed E-state index contributed by atoms with van der Waals surface area (Å²) in [5.41, 5.74) is -1.41. The minimum atomic E-state index is -2.69. The second-order valence-electron chi connectivity index (χ2n) is 10.7. The van der Waals surface area contributed by atoms with Crippen LogP contribution in [-0.2, 0) is 5.54 Å². The van der Waals surface area contributed by atoms with Gasteiger partial charge in [0.05, 0.1) is 35.4 Å². The Hall–Kier alpha value is -3.91. The normalized spacial score (nSPS) is 17.4. The van der Waals surface area contributed by atoms with Gasteiger partial charge in [-0.15, -0.1) is 5.10 Å². The lowest BCUT2D eigenvalue weighted by Gasteiger charge is -2.23. The molecule has 0 radical (unpaired) electrons. The van der Waals surface area contributed by atoms with Crippen LogP contribution in [0.4, 0.5) is 24.5 Å². The van der Waals surface area contributed by atoms with Crippen molar-refractivity contribution in [3.05, 3.63) is 70.1 Å². The number of aryl methyl sites for hydroxylation is 1. The molecule has 0 aliphatic heterocycles. The van der Waals surface area contributed by atoms with E-state index in [4.69, 9.17) is 14.3 Å². The largest absolute Gasteiger partial charge is 0.383 e. The van der Waals surface area contributed by atoms with E-state index in [1.54, 1.807) is 20.8 Å². The first-order valence-electron chi connectivity index (χ1n) is 14.0. The molecule has 0 amide bonds. The van der Waals surface area contributed by atoms with E-state index in [2.05, 4.69) is 30.9 Å². The Labute approximate surface area is 238 Å². The number of halogens is 4. The van der Waals surface area contributed by atoms with E-state index < -0.39 is 35.8 Å². The van der Waals surface area contributed by atoms with Gasteiger partial charge >= 0.3 is 0 Å². The van der Waals surface area contributed by atoms with Crippen LogP contribution in [0.1, 0.15) is 66.3 Å². The molecule has 3 aromatic heterocycles. The Kier molecular flexibility index (Phi) is 6.13. The number of hydrogen-bond acceptors (Lipinski definition) is 7. The van der Waals surface area contributed by atoms with Crippen molar-refractivity contribution in [2.45, 2.75) is 58.5 Å². The number of nitrogens with zero attached hydrogens (tertiary/aromatic N) is 6. The second kappa shape index (κ2) is 10.2. The molecular weight excluding hydrogens is 541 g/mol. The van der Waals surface area contributed by atoms with Crippen LogP contribution in [0, 0.1) is 29.6 Å². The monoisotopic (exact) mass is 571 g/mol. The van der Waals surface area contributed by atoms with Crippen LogP contribution >= 0.6 is 11.6 Å². The summed E-state index contributed by atoms with van der Waals surface area (Å²) >= 11 is 6.63. The molecule has 1 atom stereocenters. The lowest BCUT2D eigenvalue weighted by atomic mass is 9.96. The van der Waals surface area contributed by atoms with Crippen LogP contribution in [0.2, 0.25) is 5.02 Å². The first kappa shape index (κ1) is 23.9. The van der Waals surface area contributed by atoms with E-state index in [1.165, 1.54) is 37.5 Å². The molecule has 1 aliphatic rings. The summed E-state index contributed by atoms with van der Waals surface area (Å²) in [6.07, 6.45) is 0.278. The van der Waals surface area contributed by atoms with Gasteiger partial charge in [0, 0.05) is 37.8 Å². The van der Waals surface area contributed by atoms with Crippen molar-refractivity contribution in [1.82, 2.24) is 25.0 Å². The van der Waals surface area contributed by atoms with E-state index in [0.29, 0.717) is 0 Å². The zero-order valence-electron chi connectivity index (χ0n) is 25.2. The summed E-state index contributed by atoms with van der Waals surface area (Å²) in [6, 6.07) is 5.45. The molecule has 0 saturated heterocycles. The highest BCUT2D eigenvalue weighted by Crippen LogP contribution is 2.48. The summed E-state index contributed by atoms with van der Waals surface area (Å²) in [6.45, 7) is 4.64. The number of alkyl halides is 2. The highest BCUT2D eigenvalue weighted by molar-refractivity contribution is 6.35. The van der Waals surface area contributed by atoms with E-state index in [0.717, 1.165) is 10.7 Å². The summed E-state index contributed by atoms with van der Waals surface area (Å²) in [7, 11) is 0. The SMILES string of the molecule is [2H]C([2H])(Nc1c(C#N)cnc2c(Cl)cc(N[C@]([2H])(c3cn(C4(C(F)F)CC4)nn3)c3ccc(F)nc3C)cc12)C(C)(C)C. The maximum absolute atomic E-state index is 14.0. The Morgan fingerprint density at radius 1 is 1.30 bits per heavy atom. The van der Waals surface area contributed by atoms with Gasteiger partial charge in [0.15, 0.2) is 0 Å². The van der Waals surface area contributed by atoms with Crippen molar-refractivity contribution in [2.75, 3.05) is 17.1 Å². The Balaban J connectivity index is 1.68. The van der Waals surface area contributed by atoms with Crippen molar-refractivity contribution in [3.63, 3.8) is 0 Å². The number of pyridine rings is 2. The number of anilines is 2.